The van der Waals surface area contributed by atoms with Crippen LogP contribution in [-0.4, -0.2) is 51.1 Å². The Bertz CT molecular complexity index is 450. The Morgan fingerprint density at radius 3 is 2.33 bits per heavy atom. The number of rotatable bonds is 5. The van der Waals surface area contributed by atoms with Gasteiger partial charge in [-0.3, -0.25) is 4.79 Å². The Hall–Kier alpha value is -1.55. The molecule has 0 spiro atoms. The molecule has 1 heterocycles. The first-order valence-corrected chi connectivity index (χ1v) is 7.89. The van der Waals surface area contributed by atoms with Crippen molar-refractivity contribution in [1.29, 1.82) is 0 Å². The van der Waals surface area contributed by atoms with Gasteiger partial charge in [-0.15, -0.1) is 0 Å². The van der Waals surface area contributed by atoms with Crippen molar-refractivity contribution >= 4 is 11.6 Å². The number of hydrogen-bond acceptors (Lipinski definition) is 3. The topological polar surface area (TPSA) is 35.6 Å². The van der Waals surface area contributed by atoms with Crippen molar-refractivity contribution in [2.75, 3.05) is 45.2 Å². The normalized spacial score (nSPS) is 15.8. The summed E-state index contributed by atoms with van der Waals surface area (Å²) in [5.74, 6) is 0.789. The van der Waals surface area contributed by atoms with Crippen LogP contribution in [0.15, 0.2) is 24.3 Å². The molecule has 0 aromatic heterocycles. The second kappa shape index (κ2) is 7.46. The number of piperidine rings is 1. The zero-order valence-electron chi connectivity index (χ0n) is 13.4. The summed E-state index contributed by atoms with van der Waals surface area (Å²) < 4.78 is 0. The highest BCUT2D eigenvalue weighted by Gasteiger charge is 2.20. The largest absolute Gasteiger partial charge is 0.378 e. The fourth-order valence-corrected chi connectivity index (χ4v) is 2.82. The van der Waals surface area contributed by atoms with Crippen LogP contribution in [0, 0.1) is 5.92 Å². The molecule has 1 aliphatic heterocycles. The van der Waals surface area contributed by atoms with E-state index in [1.807, 2.05) is 48.2 Å². The zero-order valence-corrected chi connectivity index (χ0v) is 13.4. The minimum atomic E-state index is 0.154. The van der Waals surface area contributed by atoms with Crippen LogP contribution in [0.1, 0.15) is 30.1 Å². The van der Waals surface area contributed by atoms with Crippen LogP contribution in [0.2, 0.25) is 0 Å². The van der Waals surface area contributed by atoms with Gasteiger partial charge in [0.05, 0.1) is 0 Å². The van der Waals surface area contributed by atoms with Crippen LogP contribution < -0.4 is 10.2 Å². The van der Waals surface area contributed by atoms with Gasteiger partial charge in [0.1, 0.15) is 0 Å². The molecule has 0 saturated carbocycles. The van der Waals surface area contributed by atoms with E-state index >= 15 is 0 Å². The van der Waals surface area contributed by atoms with E-state index in [1.54, 1.807) is 0 Å². The molecule has 2 rings (SSSR count). The molecular weight excluding hydrogens is 262 g/mol. The fraction of sp³-hybridized carbons (Fsp3) is 0.588. The van der Waals surface area contributed by atoms with E-state index in [0.29, 0.717) is 5.92 Å². The molecule has 21 heavy (non-hydrogen) atoms. The number of hydrogen-bond donors (Lipinski definition) is 1. The Labute approximate surface area is 128 Å². The van der Waals surface area contributed by atoms with Gasteiger partial charge in [-0.1, -0.05) is 0 Å². The molecule has 4 nitrogen and oxygen atoms in total. The highest BCUT2D eigenvalue weighted by atomic mass is 16.2. The molecule has 1 aromatic carbocycles. The summed E-state index contributed by atoms with van der Waals surface area (Å²) in [6, 6.07) is 7.88. The van der Waals surface area contributed by atoms with Crippen molar-refractivity contribution in [2.45, 2.75) is 19.8 Å². The Balaban J connectivity index is 2.01. The standard InChI is InChI=1S/C17H27N3O/c1-4-20(13-14-9-11-18-12-10-14)17(21)15-5-7-16(8-6-15)19(2)3/h5-8,14,18H,4,9-13H2,1-3H3. The van der Waals surface area contributed by atoms with Crippen LogP contribution in [0.5, 0.6) is 0 Å². The maximum absolute atomic E-state index is 12.6. The predicted molar refractivity (Wildman–Crippen MR) is 87.9 cm³/mol. The smallest absolute Gasteiger partial charge is 0.253 e. The molecule has 4 heteroatoms. The SMILES string of the molecule is CCN(CC1CCNCC1)C(=O)c1ccc(N(C)C)cc1. The molecule has 1 aromatic rings. The lowest BCUT2D eigenvalue weighted by atomic mass is 9.97. The summed E-state index contributed by atoms with van der Waals surface area (Å²) in [7, 11) is 4.01. The third-order valence-electron chi connectivity index (χ3n) is 4.24. The van der Waals surface area contributed by atoms with Gasteiger partial charge in [0.15, 0.2) is 0 Å². The Kier molecular flexibility index (Phi) is 5.62. The van der Waals surface area contributed by atoms with Crippen molar-refractivity contribution in [3.05, 3.63) is 29.8 Å². The predicted octanol–water partition coefficient (Wildman–Crippen LogP) is 2.21. The molecular formula is C17H27N3O. The molecule has 0 radical (unpaired) electrons. The molecule has 1 saturated heterocycles. The quantitative estimate of drug-likeness (QED) is 0.903. The molecule has 0 atom stereocenters. The highest BCUT2D eigenvalue weighted by molar-refractivity contribution is 5.94. The Morgan fingerprint density at radius 2 is 1.81 bits per heavy atom. The van der Waals surface area contributed by atoms with Gasteiger partial charge in [-0.05, 0) is 63.0 Å². The van der Waals surface area contributed by atoms with Gasteiger partial charge in [-0.2, -0.15) is 0 Å². The third-order valence-corrected chi connectivity index (χ3v) is 4.24. The number of benzene rings is 1. The van der Waals surface area contributed by atoms with Gasteiger partial charge in [0.2, 0.25) is 0 Å². The summed E-state index contributed by atoms with van der Waals surface area (Å²) >= 11 is 0. The number of nitrogens with zero attached hydrogens (tertiary/aromatic N) is 2. The summed E-state index contributed by atoms with van der Waals surface area (Å²) in [5, 5.41) is 3.38. The van der Waals surface area contributed by atoms with Gasteiger partial charge >= 0.3 is 0 Å². The number of amides is 1. The minimum absolute atomic E-state index is 0.154. The molecule has 1 N–H and O–H groups in total. The van der Waals surface area contributed by atoms with E-state index in [2.05, 4.69) is 12.2 Å². The third kappa shape index (κ3) is 4.21. The van der Waals surface area contributed by atoms with E-state index in [4.69, 9.17) is 0 Å². The van der Waals surface area contributed by atoms with Gasteiger partial charge in [0, 0.05) is 38.4 Å². The van der Waals surface area contributed by atoms with Crippen LogP contribution in [0.4, 0.5) is 5.69 Å². The van der Waals surface area contributed by atoms with Gasteiger partial charge < -0.3 is 15.1 Å². The zero-order chi connectivity index (χ0) is 15.2. The van der Waals surface area contributed by atoms with Crippen LogP contribution >= 0.6 is 0 Å². The lowest BCUT2D eigenvalue weighted by Crippen LogP contribution is -2.39. The van der Waals surface area contributed by atoms with Crippen molar-refractivity contribution in [2.24, 2.45) is 5.92 Å². The summed E-state index contributed by atoms with van der Waals surface area (Å²) in [4.78, 5) is 16.7. The number of carbonyl (C=O) groups is 1. The summed E-state index contributed by atoms with van der Waals surface area (Å²) in [6.07, 6.45) is 2.34. The van der Waals surface area contributed by atoms with Crippen LogP contribution in [-0.2, 0) is 0 Å². The molecule has 0 bridgehead atoms. The van der Waals surface area contributed by atoms with E-state index in [9.17, 15) is 4.79 Å². The number of nitrogens with one attached hydrogen (secondary N) is 1. The highest BCUT2D eigenvalue weighted by Crippen LogP contribution is 2.17. The first-order chi connectivity index (χ1) is 10.1. The maximum atomic E-state index is 12.6. The van der Waals surface area contributed by atoms with Gasteiger partial charge in [0.25, 0.3) is 5.91 Å². The van der Waals surface area contributed by atoms with Crippen molar-refractivity contribution in [3.8, 4) is 0 Å². The van der Waals surface area contributed by atoms with Crippen molar-refractivity contribution < 1.29 is 4.79 Å². The molecule has 1 aliphatic rings. The summed E-state index contributed by atoms with van der Waals surface area (Å²) in [6.45, 7) is 5.87. The van der Waals surface area contributed by atoms with E-state index in [-0.39, 0.29) is 5.91 Å². The first-order valence-electron chi connectivity index (χ1n) is 7.89. The summed E-state index contributed by atoms with van der Waals surface area (Å²) in [5.41, 5.74) is 1.91. The minimum Gasteiger partial charge on any atom is -0.378 e. The molecule has 1 fully saturated rings. The molecule has 0 unspecified atom stereocenters. The second-order valence-corrected chi connectivity index (χ2v) is 5.98. The van der Waals surface area contributed by atoms with E-state index in [0.717, 1.165) is 37.4 Å². The molecule has 1 amide bonds. The average Bonchev–Trinajstić information content (AvgIpc) is 2.53. The average molecular weight is 289 g/mol. The molecule has 116 valence electrons. The van der Waals surface area contributed by atoms with Crippen LogP contribution in [0.3, 0.4) is 0 Å². The van der Waals surface area contributed by atoms with E-state index in [1.165, 1.54) is 12.8 Å². The molecule has 0 aliphatic carbocycles. The van der Waals surface area contributed by atoms with Crippen molar-refractivity contribution in [1.82, 2.24) is 10.2 Å². The monoisotopic (exact) mass is 289 g/mol. The van der Waals surface area contributed by atoms with Crippen molar-refractivity contribution in [3.63, 3.8) is 0 Å². The first kappa shape index (κ1) is 15.8. The fourth-order valence-electron chi connectivity index (χ4n) is 2.82. The Morgan fingerprint density at radius 1 is 1.19 bits per heavy atom. The lowest BCUT2D eigenvalue weighted by Gasteiger charge is -2.29. The van der Waals surface area contributed by atoms with Crippen LogP contribution in [0.25, 0.3) is 0 Å². The van der Waals surface area contributed by atoms with Gasteiger partial charge in [-0.25, -0.2) is 0 Å². The second-order valence-electron chi connectivity index (χ2n) is 5.98. The number of anilines is 1. The number of carbonyl (C=O) groups excluding carboxylic acids is 1. The lowest BCUT2D eigenvalue weighted by molar-refractivity contribution is 0.0727. The maximum Gasteiger partial charge on any atom is 0.253 e. The van der Waals surface area contributed by atoms with E-state index < -0.39 is 0 Å².